The Kier molecular flexibility index (Phi) is 12.1. The second-order valence-electron chi connectivity index (χ2n) is 7.90. The molecule has 2 aromatic carbocycles. The molecule has 1 amide bonds. The van der Waals surface area contributed by atoms with Gasteiger partial charge in [-0.1, -0.05) is 66.7 Å². The molecule has 0 bridgehead atoms. The van der Waals surface area contributed by atoms with E-state index < -0.39 is 0 Å². The summed E-state index contributed by atoms with van der Waals surface area (Å²) in [5, 5.41) is 6.48. The molecule has 180 valence electrons. The number of aliphatic imine (C=N–C) groups is 1. The molecule has 0 saturated carbocycles. The molecule has 6 nitrogen and oxygen atoms in total. The first-order valence-corrected chi connectivity index (χ1v) is 11.4. The largest absolute Gasteiger partial charge is 0.356 e. The van der Waals surface area contributed by atoms with Gasteiger partial charge in [0.25, 0.3) is 0 Å². The number of halogens is 1. The molecule has 0 saturated heterocycles. The van der Waals surface area contributed by atoms with Gasteiger partial charge < -0.3 is 15.5 Å². The molecule has 1 aromatic heterocycles. The molecule has 2 N–H and O–H groups in total. The minimum atomic E-state index is 0. The third kappa shape index (κ3) is 8.78. The number of likely N-dealkylation sites (N-methyl/N-ethyl adjacent to an activating group) is 1. The van der Waals surface area contributed by atoms with Crippen molar-refractivity contribution < 1.29 is 4.79 Å². The maximum Gasteiger partial charge on any atom is 0.241 e. The summed E-state index contributed by atoms with van der Waals surface area (Å²) in [6.07, 6.45) is 3.41. The molecule has 3 rings (SSSR count). The highest BCUT2D eigenvalue weighted by Crippen LogP contribution is 2.27. The number of carbonyl (C=O) groups is 1. The lowest BCUT2D eigenvalue weighted by atomic mass is 9.88. The van der Waals surface area contributed by atoms with Crippen molar-refractivity contribution in [3.8, 4) is 0 Å². The van der Waals surface area contributed by atoms with E-state index in [1.165, 1.54) is 11.1 Å². The second-order valence-corrected chi connectivity index (χ2v) is 7.90. The lowest BCUT2D eigenvalue weighted by molar-refractivity contribution is -0.128. The zero-order chi connectivity index (χ0) is 23.3. The van der Waals surface area contributed by atoms with Gasteiger partial charge in [0, 0.05) is 51.4 Å². The van der Waals surface area contributed by atoms with Crippen molar-refractivity contribution in [2.45, 2.75) is 18.8 Å². The van der Waals surface area contributed by atoms with Crippen LogP contribution in [-0.2, 0) is 11.2 Å². The van der Waals surface area contributed by atoms with E-state index in [1.54, 1.807) is 18.1 Å². The zero-order valence-corrected chi connectivity index (χ0v) is 22.2. The number of nitrogens with one attached hydrogen (secondary N) is 2. The van der Waals surface area contributed by atoms with Crippen molar-refractivity contribution >= 4 is 35.8 Å². The van der Waals surface area contributed by atoms with E-state index in [2.05, 4.69) is 69.1 Å². The number of rotatable bonds is 10. The van der Waals surface area contributed by atoms with Crippen LogP contribution in [-0.4, -0.2) is 55.5 Å². The summed E-state index contributed by atoms with van der Waals surface area (Å²) in [6, 6.07) is 26.9. The molecular weight excluding hydrogens is 537 g/mol. The Morgan fingerprint density at radius 2 is 1.56 bits per heavy atom. The van der Waals surface area contributed by atoms with Crippen molar-refractivity contribution in [1.82, 2.24) is 20.5 Å². The zero-order valence-electron chi connectivity index (χ0n) is 19.9. The fourth-order valence-corrected chi connectivity index (χ4v) is 3.70. The quantitative estimate of drug-likeness (QED) is 0.219. The van der Waals surface area contributed by atoms with Gasteiger partial charge in [-0.2, -0.15) is 0 Å². The fourth-order valence-electron chi connectivity index (χ4n) is 3.70. The molecule has 34 heavy (non-hydrogen) atoms. The number of pyridine rings is 1. The smallest absolute Gasteiger partial charge is 0.241 e. The maximum absolute atomic E-state index is 12.5. The predicted molar refractivity (Wildman–Crippen MR) is 150 cm³/mol. The van der Waals surface area contributed by atoms with E-state index in [1.807, 2.05) is 37.4 Å². The van der Waals surface area contributed by atoms with Gasteiger partial charge in [0.2, 0.25) is 5.91 Å². The van der Waals surface area contributed by atoms with Crippen LogP contribution in [0.3, 0.4) is 0 Å². The van der Waals surface area contributed by atoms with Crippen LogP contribution < -0.4 is 10.6 Å². The van der Waals surface area contributed by atoms with Crippen LogP contribution in [0.1, 0.15) is 29.2 Å². The Bertz CT molecular complexity index is 960. The van der Waals surface area contributed by atoms with Crippen LogP contribution in [0.25, 0.3) is 0 Å². The summed E-state index contributed by atoms with van der Waals surface area (Å²) in [6.45, 7) is 1.55. The maximum atomic E-state index is 12.5. The van der Waals surface area contributed by atoms with Gasteiger partial charge in [-0.05, 0) is 29.7 Å². The molecule has 0 radical (unpaired) electrons. The number of benzene rings is 2. The van der Waals surface area contributed by atoms with Gasteiger partial charge in [-0.3, -0.25) is 14.8 Å². The fraction of sp³-hybridized carbons (Fsp3) is 0.296. The van der Waals surface area contributed by atoms with Crippen LogP contribution in [0.5, 0.6) is 0 Å². The van der Waals surface area contributed by atoms with E-state index in [0.29, 0.717) is 12.5 Å². The number of nitrogens with zero attached hydrogens (tertiary/aromatic N) is 3. The van der Waals surface area contributed by atoms with Crippen LogP contribution in [0, 0.1) is 0 Å². The first kappa shape index (κ1) is 27.3. The number of hydrogen-bond donors (Lipinski definition) is 2. The Hall–Kier alpha value is -2.94. The van der Waals surface area contributed by atoms with Crippen LogP contribution in [0.4, 0.5) is 0 Å². The van der Waals surface area contributed by atoms with E-state index in [-0.39, 0.29) is 42.3 Å². The topological polar surface area (TPSA) is 69.6 Å². The van der Waals surface area contributed by atoms with Gasteiger partial charge in [0.1, 0.15) is 0 Å². The Balaban J connectivity index is 0.00000408. The summed E-state index contributed by atoms with van der Waals surface area (Å²) < 4.78 is 0. The van der Waals surface area contributed by atoms with E-state index in [4.69, 9.17) is 0 Å². The number of amides is 1. The van der Waals surface area contributed by atoms with Crippen LogP contribution in [0.2, 0.25) is 0 Å². The monoisotopic (exact) mass is 571 g/mol. The highest BCUT2D eigenvalue weighted by molar-refractivity contribution is 14.0. The van der Waals surface area contributed by atoms with Gasteiger partial charge in [0.05, 0.1) is 6.54 Å². The van der Waals surface area contributed by atoms with Crippen molar-refractivity contribution in [1.29, 1.82) is 0 Å². The Morgan fingerprint density at radius 1 is 0.941 bits per heavy atom. The standard InChI is InChI=1S/C27H33N5O.HI/c1-28-27(31-21-26(33)32(2)20-17-24-15-9-10-18-29-24)30-19-16-25(22-11-5-3-6-12-22)23-13-7-4-8-14-23;/h3-15,18,25H,16-17,19-21H2,1-2H3,(H2,28,30,31);1H. The van der Waals surface area contributed by atoms with Crippen LogP contribution in [0.15, 0.2) is 90.1 Å². The molecule has 1 heterocycles. The molecule has 0 atom stereocenters. The first-order chi connectivity index (χ1) is 16.2. The summed E-state index contributed by atoms with van der Waals surface area (Å²) in [7, 11) is 3.53. The second kappa shape index (κ2) is 15.1. The van der Waals surface area contributed by atoms with E-state index in [9.17, 15) is 4.79 Å². The average molecular weight is 572 g/mol. The summed E-state index contributed by atoms with van der Waals surface area (Å²) in [5.41, 5.74) is 3.56. The molecule has 0 aliphatic rings. The van der Waals surface area contributed by atoms with Crippen molar-refractivity contribution in [2.75, 3.05) is 33.7 Å². The van der Waals surface area contributed by atoms with Gasteiger partial charge in [-0.25, -0.2) is 0 Å². The molecule has 0 unspecified atom stereocenters. The summed E-state index contributed by atoms with van der Waals surface area (Å²) in [5.74, 6) is 0.930. The molecule has 3 aromatic rings. The molecule has 7 heteroatoms. The molecular formula is C27H34IN5O. The van der Waals surface area contributed by atoms with Crippen molar-refractivity contribution in [2.24, 2.45) is 4.99 Å². The predicted octanol–water partition coefficient (Wildman–Crippen LogP) is 4.09. The number of guanidine groups is 1. The lowest BCUT2D eigenvalue weighted by Gasteiger charge is -2.20. The Labute approximate surface area is 219 Å². The highest BCUT2D eigenvalue weighted by Gasteiger charge is 2.14. The van der Waals surface area contributed by atoms with Crippen LogP contribution >= 0.6 is 24.0 Å². The normalized spacial score (nSPS) is 11.0. The van der Waals surface area contributed by atoms with Crippen molar-refractivity contribution in [3.63, 3.8) is 0 Å². The minimum absolute atomic E-state index is 0. The number of hydrogen-bond acceptors (Lipinski definition) is 3. The minimum Gasteiger partial charge on any atom is -0.356 e. The number of aromatic nitrogens is 1. The Morgan fingerprint density at radius 3 is 2.12 bits per heavy atom. The van der Waals surface area contributed by atoms with Gasteiger partial charge in [0.15, 0.2) is 5.96 Å². The molecule has 0 aliphatic carbocycles. The molecule has 0 spiro atoms. The lowest BCUT2D eigenvalue weighted by Crippen LogP contribution is -2.44. The third-order valence-electron chi connectivity index (χ3n) is 5.62. The molecule has 0 fully saturated rings. The summed E-state index contributed by atoms with van der Waals surface area (Å²) >= 11 is 0. The third-order valence-corrected chi connectivity index (χ3v) is 5.62. The first-order valence-electron chi connectivity index (χ1n) is 11.4. The van der Waals surface area contributed by atoms with E-state index in [0.717, 1.165) is 25.1 Å². The van der Waals surface area contributed by atoms with Crippen molar-refractivity contribution in [3.05, 3.63) is 102 Å². The SMILES string of the molecule is CN=C(NCCC(c1ccccc1)c1ccccc1)NCC(=O)N(C)CCc1ccccn1.I. The average Bonchev–Trinajstić information content (AvgIpc) is 2.88. The van der Waals surface area contributed by atoms with E-state index >= 15 is 0 Å². The van der Waals surface area contributed by atoms with Gasteiger partial charge >= 0.3 is 0 Å². The van der Waals surface area contributed by atoms with Gasteiger partial charge in [-0.15, -0.1) is 24.0 Å². The summed E-state index contributed by atoms with van der Waals surface area (Å²) in [4.78, 5) is 22.8. The number of carbonyl (C=O) groups excluding carboxylic acids is 1. The molecule has 0 aliphatic heterocycles. The highest BCUT2D eigenvalue weighted by atomic mass is 127.